The summed E-state index contributed by atoms with van der Waals surface area (Å²) in [7, 11) is 1.64. The fraction of sp³-hybridized carbons (Fsp3) is 0.308. The molecule has 170 valence electrons. The third-order valence-corrected chi connectivity index (χ3v) is 5.45. The molecule has 0 fully saturated rings. The molecule has 7 heteroatoms. The van der Waals surface area contributed by atoms with Gasteiger partial charge < -0.3 is 14.8 Å². The van der Waals surface area contributed by atoms with Gasteiger partial charge in [0, 0.05) is 41.9 Å². The van der Waals surface area contributed by atoms with E-state index >= 15 is 0 Å². The zero-order valence-electron chi connectivity index (χ0n) is 19.0. The van der Waals surface area contributed by atoms with E-state index in [0.29, 0.717) is 37.4 Å². The molecule has 33 heavy (non-hydrogen) atoms. The highest BCUT2D eigenvalue weighted by molar-refractivity contribution is 5.99. The van der Waals surface area contributed by atoms with Gasteiger partial charge in [0.2, 0.25) is 0 Å². The second-order valence-electron chi connectivity index (χ2n) is 7.96. The van der Waals surface area contributed by atoms with E-state index in [1.54, 1.807) is 13.4 Å². The Labute approximate surface area is 193 Å². The van der Waals surface area contributed by atoms with Gasteiger partial charge in [-0.05, 0) is 38.0 Å². The van der Waals surface area contributed by atoms with E-state index in [4.69, 9.17) is 14.5 Å². The Morgan fingerprint density at radius 1 is 1.09 bits per heavy atom. The second kappa shape index (κ2) is 10.8. The fourth-order valence-electron chi connectivity index (χ4n) is 3.61. The Balaban J connectivity index is 1.54. The maximum Gasteiger partial charge on any atom is 0.251 e. The number of fused-ring (bicyclic) bond motifs is 1. The van der Waals surface area contributed by atoms with Crippen LogP contribution in [0.3, 0.4) is 0 Å². The second-order valence-corrected chi connectivity index (χ2v) is 7.96. The van der Waals surface area contributed by atoms with Crippen molar-refractivity contribution in [1.82, 2.24) is 10.3 Å². The molecule has 0 bridgehead atoms. The molecule has 1 aliphatic rings. The number of nitrogens with zero attached hydrogens (tertiary/aromatic N) is 3. The number of hydrogen-bond donors (Lipinski definition) is 1. The van der Waals surface area contributed by atoms with E-state index in [2.05, 4.69) is 34.4 Å². The number of methoxy groups -OCH3 is 1. The van der Waals surface area contributed by atoms with E-state index in [1.165, 1.54) is 5.56 Å². The number of carbonyl (C=O) groups excluding carboxylic acids is 1. The molecule has 1 N–H and O–H groups in total. The van der Waals surface area contributed by atoms with Crippen molar-refractivity contribution in [2.45, 2.75) is 19.8 Å². The number of hydrogen-bond acceptors (Lipinski definition) is 6. The van der Waals surface area contributed by atoms with Crippen LogP contribution in [-0.2, 0) is 4.74 Å². The number of benzene rings is 2. The van der Waals surface area contributed by atoms with Crippen molar-refractivity contribution in [1.29, 1.82) is 0 Å². The summed E-state index contributed by atoms with van der Waals surface area (Å²) in [4.78, 5) is 25.8. The number of carbonyl (C=O) groups is 1. The van der Waals surface area contributed by atoms with Gasteiger partial charge in [-0.25, -0.2) is 9.98 Å². The first-order chi connectivity index (χ1) is 16.1. The number of amides is 1. The smallest absolute Gasteiger partial charge is 0.251 e. The molecule has 1 aromatic heterocycles. The monoisotopic (exact) mass is 444 g/mol. The van der Waals surface area contributed by atoms with Gasteiger partial charge in [-0.15, -0.1) is 0 Å². The molecule has 0 atom stereocenters. The van der Waals surface area contributed by atoms with Gasteiger partial charge in [-0.2, -0.15) is 0 Å². The molecular weight excluding hydrogens is 416 g/mol. The van der Waals surface area contributed by atoms with Crippen LogP contribution in [0.1, 0.15) is 28.8 Å². The molecule has 0 unspecified atom stereocenters. The molecule has 0 aliphatic carbocycles. The summed E-state index contributed by atoms with van der Waals surface area (Å²) in [5.74, 6) is 0.602. The number of ether oxygens (including phenoxy) is 2. The highest BCUT2D eigenvalue weighted by Crippen LogP contribution is 2.31. The van der Waals surface area contributed by atoms with Gasteiger partial charge in [0.05, 0.1) is 24.4 Å². The van der Waals surface area contributed by atoms with Crippen LogP contribution in [0, 0.1) is 6.92 Å². The maximum atomic E-state index is 12.7. The lowest BCUT2D eigenvalue weighted by atomic mass is 10.1. The zero-order chi connectivity index (χ0) is 23.0. The number of rotatable bonds is 10. The molecule has 4 rings (SSSR count). The first-order valence-corrected chi connectivity index (χ1v) is 11.1. The summed E-state index contributed by atoms with van der Waals surface area (Å²) >= 11 is 0. The lowest BCUT2D eigenvalue weighted by molar-refractivity contribution is 0.0953. The van der Waals surface area contributed by atoms with Crippen molar-refractivity contribution in [3.63, 3.8) is 0 Å². The van der Waals surface area contributed by atoms with Gasteiger partial charge >= 0.3 is 0 Å². The minimum absolute atomic E-state index is 0.120. The van der Waals surface area contributed by atoms with Crippen LogP contribution in [-0.4, -0.2) is 56.4 Å². The highest BCUT2D eigenvalue weighted by atomic mass is 16.5. The van der Waals surface area contributed by atoms with E-state index < -0.39 is 0 Å². The first-order valence-electron chi connectivity index (χ1n) is 11.1. The minimum atomic E-state index is -0.120. The molecule has 0 spiro atoms. The molecule has 1 amide bonds. The summed E-state index contributed by atoms with van der Waals surface area (Å²) in [6, 6.07) is 15.7. The Hall–Kier alpha value is -3.58. The van der Waals surface area contributed by atoms with Crippen molar-refractivity contribution in [2.24, 2.45) is 9.98 Å². The summed E-state index contributed by atoms with van der Waals surface area (Å²) in [5, 5.41) is 3.85. The first kappa shape index (κ1) is 22.6. The normalized spacial score (nSPS) is 12.7. The number of nitrogens with one attached hydrogen (secondary N) is 1. The molecule has 2 aromatic carbocycles. The van der Waals surface area contributed by atoms with E-state index in [1.807, 2.05) is 36.4 Å². The van der Waals surface area contributed by atoms with E-state index in [9.17, 15) is 4.79 Å². The number of aromatic nitrogens is 1. The Bertz CT molecular complexity index is 1190. The van der Waals surface area contributed by atoms with Crippen LogP contribution in [0.2, 0.25) is 0 Å². The van der Waals surface area contributed by atoms with Crippen LogP contribution >= 0.6 is 0 Å². The molecule has 7 nitrogen and oxygen atoms in total. The summed E-state index contributed by atoms with van der Waals surface area (Å²) in [6.45, 7) is 4.22. The lowest BCUT2D eigenvalue weighted by Crippen LogP contribution is -2.25. The van der Waals surface area contributed by atoms with E-state index in [-0.39, 0.29) is 5.91 Å². The van der Waals surface area contributed by atoms with Crippen molar-refractivity contribution in [3.05, 3.63) is 59.7 Å². The molecule has 0 saturated carbocycles. The molecule has 2 heterocycles. The van der Waals surface area contributed by atoms with Gasteiger partial charge in [-0.3, -0.25) is 9.79 Å². The van der Waals surface area contributed by atoms with Crippen LogP contribution < -0.4 is 10.1 Å². The largest absolute Gasteiger partial charge is 0.490 e. The van der Waals surface area contributed by atoms with Gasteiger partial charge in [0.15, 0.2) is 0 Å². The van der Waals surface area contributed by atoms with Gasteiger partial charge in [0.25, 0.3) is 5.91 Å². The molecule has 0 radical (unpaired) electrons. The molecule has 3 aromatic rings. The molecule has 0 saturated heterocycles. The summed E-state index contributed by atoms with van der Waals surface area (Å²) in [6.07, 6.45) is 3.25. The van der Waals surface area contributed by atoms with Crippen molar-refractivity contribution >= 4 is 28.9 Å². The Morgan fingerprint density at radius 3 is 2.70 bits per heavy atom. The van der Waals surface area contributed by atoms with Crippen LogP contribution in [0.25, 0.3) is 22.2 Å². The van der Waals surface area contributed by atoms with Crippen molar-refractivity contribution in [2.75, 3.05) is 33.4 Å². The molecular formula is C26H28N4O3. The maximum absolute atomic E-state index is 12.7. The average molecular weight is 445 g/mol. The summed E-state index contributed by atoms with van der Waals surface area (Å²) in [5.41, 5.74) is 5.32. The molecule has 1 aliphatic heterocycles. The third kappa shape index (κ3) is 5.81. The Morgan fingerprint density at radius 2 is 1.94 bits per heavy atom. The quantitative estimate of drug-likeness (QED) is 0.474. The standard InChI is InChI=1S/C26H28N4O3/c1-18-5-7-19(8-6-18)23-15-25(33-13-12-32-2)22-10-9-20(14-24(22)30-23)26(31)28-11-3-4-21-16-27-17-29-21/h5-10,14-15,17H,3-4,11-13,16H2,1-2H3,(H,28,31). The fourth-order valence-corrected chi connectivity index (χ4v) is 3.61. The lowest BCUT2D eigenvalue weighted by Gasteiger charge is -2.13. The van der Waals surface area contributed by atoms with Crippen LogP contribution in [0.5, 0.6) is 5.75 Å². The zero-order valence-corrected chi connectivity index (χ0v) is 19.0. The highest BCUT2D eigenvalue weighted by Gasteiger charge is 2.13. The predicted octanol–water partition coefficient (Wildman–Crippen LogP) is 4.23. The van der Waals surface area contributed by atoms with Crippen molar-refractivity contribution in [3.8, 4) is 17.0 Å². The van der Waals surface area contributed by atoms with Crippen molar-refractivity contribution < 1.29 is 14.3 Å². The third-order valence-electron chi connectivity index (χ3n) is 5.45. The van der Waals surface area contributed by atoms with Crippen LogP contribution in [0.4, 0.5) is 0 Å². The Kier molecular flexibility index (Phi) is 7.42. The van der Waals surface area contributed by atoms with Gasteiger partial charge in [-0.1, -0.05) is 29.8 Å². The SMILES string of the molecule is COCCOc1cc(-c2ccc(C)cc2)nc2cc(C(=O)NCCCC3=NC=NC3)ccc12. The predicted molar refractivity (Wildman–Crippen MR) is 132 cm³/mol. The number of aliphatic imine (C=N–C) groups is 2. The topological polar surface area (TPSA) is 85.2 Å². The van der Waals surface area contributed by atoms with Gasteiger partial charge in [0.1, 0.15) is 18.7 Å². The number of aryl methyl sites for hydroxylation is 1. The van der Waals surface area contributed by atoms with Crippen LogP contribution in [0.15, 0.2) is 58.5 Å². The number of pyridine rings is 1. The summed E-state index contributed by atoms with van der Waals surface area (Å²) < 4.78 is 11.1. The van der Waals surface area contributed by atoms with E-state index in [0.717, 1.165) is 40.9 Å². The average Bonchev–Trinajstić information content (AvgIpc) is 3.35. The minimum Gasteiger partial charge on any atom is -0.490 e.